The molecule has 0 atom stereocenters. The van der Waals surface area contributed by atoms with E-state index in [2.05, 4.69) is 15.9 Å². The second-order valence-corrected chi connectivity index (χ2v) is 4.09. The van der Waals surface area contributed by atoms with Crippen molar-refractivity contribution in [2.75, 3.05) is 0 Å². The van der Waals surface area contributed by atoms with Crippen molar-refractivity contribution in [3.8, 4) is 0 Å². The number of benzene rings is 2. The summed E-state index contributed by atoms with van der Waals surface area (Å²) in [4.78, 5) is 12.0. The number of hydrogen-bond acceptors (Lipinski definition) is 1. The van der Waals surface area contributed by atoms with Gasteiger partial charge in [-0.2, -0.15) is 0 Å². The van der Waals surface area contributed by atoms with Gasteiger partial charge in [-0.15, -0.1) is 0 Å². The zero-order chi connectivity index (χ0) is 13.4. The van der Waals surface area contributed by atoms with Crippen LogP contribution in [0.15, 0.2) is 54.6 Å². The van der Waals surface area contributed by atoms with Crippen molar-refractivity contribution in [1.29, 1.82) is 0 Å². The minimum Gasteiger partial charge on any atom is -0.289 e. The molecule has 0 saturated heterocycles. The molecule has 2 rings (SSSR count). The van der Waals surface area contributed by atoms with Crippen LogP contribution >= 0.6 is 15.9 Å². The molecular weight excluding hydrogens is 288 g/mol. The number of ketones is 1. The van der Waals surface area contributed by atoms with Crippen LogP contribution in [-0.2, 0) is 5.33 Å². The molecule has 0 N–H and O–H groups in total. The molecule has 0 aliphatic rings. The molecule has 0 unspecified atom stereocenters. The van der Waals surface area contributed by atoms with Gasteiger partial charge in [0, 0.05) is 16.5 Å². The Morgan fingerprint density at radius 2 is 1.39 bits per heavy atom. The van der Waals surface area contributed by atoms with Gasteiger partial charge >= 0.3 is 0 Å². The van der Waals surface area contributed by atoms with Gasteiger partial charge < -0.3 is 0 Å². The van der Waals surface area contributed by atoms with Gasteiger partial charge in [-0.1, -0.05) is 84.4 Å². The van der Waals surface area contributed by atoms with Crippen LogP contribution in [-0.4, -0.2) is 5.78 Å². The molecular formula is C16H17BrO. The Morgan fingerprint density at radius 1 is 0.889 bits per heavy atom. The van der Waals surface area contributed by atoms with E-state index in [1.54, 1.807) is 0 Å². The van der Waals surface area contributed by atoms with Crippen LogP contribution in [0.2, 0.25) is 0 Å². The van der Waals surface area contributed by atoms with Gasteiger partial charge in [0.05, 0.1) is 0 Å². The Kier molecular flexibility index (Phi) is 6.37. The van der Waals surface area contributed by atoms with Crippen molar-refractivity contribution in [2.45, 2.75) is 19.2 Å². The third-order valence-electron chi connectivity index (χ3n) is 2.41. The molecule has 0 radical (unpaired) electrons. The molecule has 0 spiro atoms. The van der Waals surface area contributed by atoms with E-state index in [1.807, 2.05) is 68.4 Å². The van der Waals surface area contributed by atoms with E-state index < -0.39 is 0 Å². The molecule has 0 heterocycles. The lowest BCUT2D eigenvalue weighted by Crippen LogP contribution is -2.00. The first-order valence-corrected chi connectivity index (χ1v) is 7.18. The lowest BCUT2D eigenvalue weighted by atomic mass is 10.0. The molecule has 94 valence electrons. The summed E-state index contributed by atoms with van der Waals surface area (Å²) in [7, 11) is 0. The van der Waals surface area contributed by atoms with Crippen LogP contribution in [0.5, 0.6) is 0 Å². The predicted octanol–water partition coefficient (Wildman–Crippen LogP) is 4.84. The topological polar surface area (TPSA) is 17.1 Å². The Balaban J connectivity index is 0.000000771. The Hall–Kier alpha value is -1.41. The van der Waals surface area contributed by atoms with Crippen LogP contribution < -0.4 is 0 Å². The highest BCUT2D eigenvalue weighted by atomic mass is 79.9. The van der Waals surface area contributed by atoms with Gasteiger partial charge in [-0.3, -0.25) is 4.79 Å². The maximum Gasteiger partial charge on any atom is 0.193 e. The third kappa shape index (κ3) is 3.81. The molecule has 0 fully saturated rings. The summed E-state index contributed by atoms with van der Waals surface area (Å²) in [5.41, 5.74) is 2.63. The van der Waals surface area contributed by atoms with Crippen LogP contribution in [0, 0.1) is 0 Å². The maximum atomic E-state index is 12.0. The van der Waals surface area contributed by atoms with Crippen LogP contribution in [0.1, 0.15) is 35.3 Å². The number of carbonyl (C=O) groups is 1. The standard InChI is InChI=1S/C14H11BrO.C2H6/c15-10-11-6-8-13(9-7-11)14(16)12-4-2-1-3-5-12;1-2/h1-9H,10H2;1-2H3. The number of halogens is 1. The van der Waals surface area contributed by atoms with E-state index in [4.69, 9.17) is 0 Å². The van der Waals surface area contributed by atoms with Crippen LogP contribution in [0.25, 0.3) is 0 Å². The van der Waals surface area contributed by atoms with Gasteiger partial charge in [0.15, 0.2) is 5.78 Å². The fourth-order valence-electron chi connectivity index (χ4n) is 1.50. The zero-order valence-electron chi connectivity index (χ0n) is 10.7. The quantitative estimate of drug-likeness (QED) is 0.586. The summed E-state index contributed by atoms with van der Waals surface area (Å²) in [5, 5.41) is 0.812. The van der Waals surface area contributed by atoms with Crippen molar-refractivity contribution in [3.63, 3.8) is 0 Å². The molecule has 0 aromatic heterocycles. The van der Waals surface area contributed by atoms with Crippen molar-refractivity contribution < 1.29 is 4.79 Å². The monoisotopic (exact) mass is 304 g/mol. The molecule has 2 heteroatoms. The Bertz CT molecular complexity index is 474. The molecule has 18 heavy (non-hydrogen) atoms. The van der Waals surface area contributed by atoms with E-state index in [0.29, 0.717) is 0 Å². The molecule has 0 bridgehead atoms. The SMILES string of the molecule is CC.O=C(c1ccccc1)c1ccc(CBr)cc1. The lowest BCUT2D eigenvalue weighted by molar-refractivity contribution is 0.103. The van der Waals surface area contributed by atoms with Crippen molar-refractivity contribution in [2.24, 2.45) is 0 Å². The van der Waals surface area contributed by atoms with Gasteiger partial charge in [0.2, 0.25) is 0 Å². The smallest absolute Gasteiger partial charge is 0.193 e. The lowest BCUT2D eigenvalue weighted by Gasteiger charge is -2.01. The Morgan fingerprint density at radius 3 is 1.89 bits per heavy atom. The number of rotatable bonds is 3. The average molecular weight is 305 g/mol. The van der Waals surface area contributed by atoms with Crippen molar-refractivity contribution >= 4 is 21.7 Å². The maximum absolute atomic E-state index is 12.0. The van der Waals surface area contributed by atoms with E-state index in [0.717, 1.165) is 16.5 Å². The number of hydrogen-bond donors (Lipinski definition) is 0. The van der Waals surface area contributed by atoms with E-state index in [1.165, 1.54) is 5.56 Å². The molecule has 0 aliphatic heterocycles. The third-order valence-corrected chi connectivity index (χ3v) is 3.05. The normalized spacial score (nSPS) is 9.28. The highest BCUT2D eigenvalue weighted by Crippen LogP contribution is 2.12. The van der Waals surface area contributed by atoms with Gasteiger partial charge in [0.1, 0.15) is 0 Å². The molecule has 0 saturated carbocycles. The molecule has 0 amide bonds. The number of carbonyl (C=O) groups excluding carboxylic acids is 1. The largest absolute Gasteiger partial charge is 0.289 e. The molecule has 2 aromatic rings. The first-order valence-electron chi connectivity index (χ1n) is 6.06. The minimum absolute atomic E-state index is 0.0710. The highest BCUT2D eigenvalue weighted by molar-refractivity contribution is 9.08. The minimum atomic E-state index is 0.0710. The molecule has 2 aromatic carbocycles. The van der Waals surface area contributed by atoms with Gasteiger partial charge in [-0.25, -0.2) is 0 Å². The second kappa shape index (κ2) is 7.83. The number of alkyl halides is 1. The van der Waals surface area contributed by atoms with E-state index >= 15 is 0 Å². The van der Waals surface area contributed by atoms with Gasteiger partial charge in [-0.05, 0) is 5.56 Å². The second-order valence-electron chi connectivity index (χ2n) is 3.53. The van der Waals surface area contributed by atoms with Gasteiger partial charge in [0.25, 0.3) is 0 Å². The summed E-state index contributed by atoms with van der Waals surface area (Å²) in [5.74, 6) is 0.0710. The van der Waals surface area contributed by atoms with E-state index in [9.17, 15) is 4.79 Å². The van der Waals surface area contributed by atoms with Crippen LogP contribution in [0.3, 0.4) is 0 Å². The first kappa shape index (κ1) is 14.7. The zero-order valence-corrected chi connectivity index (χ0v) is 12.3. The fourth-order valence-corrected chi connectivity index (χ4v) is 1.88. The molecule has 0 aliphatic carbocycles. The summed E-state index contributed by atoms with van der Waals surface area (Å²) >= 11 is 3.38. The van der Waals surface area contributed by atoms with E-state index in [-0.39, 0.29) is 5.78 Å². The fraction of sp³-hybridized carbons (Fsp3) is 0.188. The van der Waals surface area contributed by atoms with Crippen molar-refractivity contribution in [1.82, 2.24) is 0 Å². The van der Waals surface area contributed by atoms with Crippen LogP contribution in [0.4, 0.5) is 0 Å². The molecule has 1 nitrogen and oxygen atoms in total. The van der Waals surface area contributed by atoms with Crippen molar-refractivity contribution in [3.05, 3.63) is 71.3 Å². The average Bonchev–Trinajstić information content (AvgIpc) is 2.49. The summed E-state index contributed by atoms with van der Waals surface area (Å²) in [6, 6.07) is 17.0. The summed E-state index contributed by atoms with van der Waals surface area (Å²) < 4.78 is 0. The Labute approximate surface area is 117 Å². The highest BCUT2D eigenvalue weighted by Gasteiger charge is 2.07. The summed E-state index contributed by atoms with van der Waals surface area (Å²) in [6.07, 6.45) is 0. The first-order chi connectivity index (χ1) is 8.81. The summed E-state index contributed by atoms with van der Waals surface area (Å²) in [6.45, 7) is 4.00. The predicted molar refractivity (Wildman–Crippen MR) is 80.3 cm³/mol.